The van der Waals surface area contributed by atoms with Crippen molar-refractivity contribution in [2.75, 3.05) is 5.32 Å². The number of hydrogen-bond donors (Lipinski definition) is 1. The van der Waals surface area contributed by atoms with Crippen LogP contribution in [0.5, 0.6) is 0 Å². The predicted octanol–water partition coefficient (Wildman–Crippen LogP) is 3.47. The lowest BCUT2D eigenvalue weighted by Crippen LogP contribution is -2.30. The third-order valence-corrected chi connectivity index (χ3v) is 3.65. The van der Waals surface area contributed by atoms with Gasteiger partial charge in [0.05, 0.1) is 6.42 Å². The van der Waals surface area contributed by atoms with Crippen molar-refractivity contribution in [1.29, 1.82) is 0 Å². The fourth-order valence-electron chi connectivity index (χ4n) is 2.36. The quantitative estimate of drug-likeness (QED) is 0.684. The normalized spacial score (nSPS) is 11.9. The Hall–Kier alpha value is -3.22. The lowest BCUT2D eigenvalue weighted by atomic mass is 10.3. The standard InChI is InChI=1S/C19H17FN2O4/c1-12(19(24)21-14-6-4-5-13(20)11-14)25-18(23)10-9-17-22-15-7-2-3-8-16(15)26-17/h2-8,11-12H,9-10H2,1H3,(H,21,24)/t12-/m1/s1. The molecular formula is C19H17FN2O4. The minimum Gasteiger partial charge on any atom is -0.453 e. The zero-order valence-electron chi connectivity index (χ0n) is 14.1. The molecule has 0 aliphatic carbocycles. The van der Waals surface area contributed by atoms with E-state index in [1.165, 1.54) is 25.1 Å². The van der Waals surface area contributed by atoms with Crippen LogP contribution < -0.4 is 5.32 Å². The van der Waals surface area contributed by atoms with Crippen LogP contribution in [0, 0.1) is 5.82 Å². The second kappa shape index (κ2) is 7.77. The van der Waals surface area contributed by atoms with E-state index < -0.39 is 23.8 Å². The van der Waals surface area contributed by atoms with Gasteiger partial charge in [-0.3, -0.25) is 9.59 Å². The zero-order valence-corrected chi connectivity index (χ0v) is 14.1. The lowest BCUT2D eigenvalue weighted by molar-refractivity contribution is -0.153. The van der Waals surface area contributed by atoms with Gasteiger partial charge in [0.15, 0.2) is 17.6 Å². The van der Waals surface area contributed by atoms with Crippen LogP contribution in [0.25, 0.3) is 11.1 Å². The molecule has 3 rings (SSSR count). The summed E-state index contributed by atoms with van der Waals surface area (Å²) in [6.07, 6.45) is -0.703. The maximum atomic E-state index is 13.1. The topological polar surface area (TPSA) is 81.4 Å². The van der Waals surface area contributed by atoms with Gasteiger partial charge in [0.25, 0.3) is 5.91 Å². The molecule has 7 heteroatoms. The summed E-state index contributed by atoms with van der Waals surface area (Å²) in [6, 6.07) is 12.8. The number of nitrogens with zero attached hydrogens (tertiary/aromatic N) is 1. The first-order valence-corrected chi connectivity index (χ1v) is 8.11. The number of fused-ring (bicyclic) bond motifs is 1. The van der Waals surface area contributed by atoms with E-state index in [1.54, 1.807) is 12.1 Å². The fraction of sp³-hybridized carbons (Fsp3) is 0.211. The molecule has 0 bridgehead atoms. The van der Waals surface area contributed by atoms with Crippen LogP contribution in [0.4, 0.5) is 10.1 Å². The number of hydrogen-bond acceptors (Lipinski definition) is 5. The van der Waals surface area contributed by atoms with Gasteiger partial charge in [-0.15, -0.1) is 0 Å². The Bertz CT molecular complexity index is 905. The summed E-state index contributed by atoms with van der Waals surface area (Å²) in [6.45, 7) is 1.45. The van der Waals surface area contributed by atoms with Gasteiger partial charge in [0.1, 0.15) is 11.3 Å². The summed E-state index contributed by atoms with van der Waals surface area (Å²) in [7, 11) is 0. The number of aryl methyl sites for hydroxylation is 1. The molecule has 2 aromatic carbocycles. The van der Waals surface area contributed by atoms with Crippen molar-refractivity contribution >= 4 is 28.7 Å². The molecule has 0 saturated heterocycles. The summed E-state index contributed by atoms with van der Waals surface area (Å²) in [4.78, 5) is 28.2. The number of carbonyl (C=O) groups is 2. The maximum Gasteiger partial charge on any atom is 0.307 e. The van der Waals surface area contributed by atoms with Crippen molar-refractivity contribution in [3.05, 3.63) is 60.2 Å². The number of oxazole rings is 1. The monoisotopic (exact) mass is 356 g/mol. The molecule has 26 heavy (non-hydrogen) atoms. The van der Waals surface area contributed by atoms with Crippen LogP contribution in [0.3, 0.4) is 0 Å². The first-order chi connectivity index (χ1) is 12.5. The molecule has 3 aromatic rings. The predicted molar refractivity (Wildman–Crippen MR) is 92.9 cm³/mol. The Balaban J connectivity index is 1.49. The highest BCUT2D eigenvalue weighted by Gasteiger charge is 2.18. The van der Waals surface area contributed by atoms with Crippen LogP contribution >= 0.6 is 0 Å². The highest BCUT2D eigenvalue weighted by Crippen LogP contribution is 2.16. The van der Waals surface area contributed by atoms with Gasteiger partial charge in [-0.2, -0.15) is 0 Å². The number of esters is 1. The van der Waals surface area contributed by atoms with Gasteiger partial charge in [0, 0.05) is 12.1 Å². The molecule has 0 unspecified atom stereocenters. The molecule has 1 heterocycles. The highest BCUT2D eigenvalue weighted by atomic mass is 19.1. The van der Waals surface area contributed by atoms with Crippen LogP contribution in [-0.2, 0) is 20.7 Å². The van der Waals surface area contributed by atoms with Gasteiger partial charge in [-0.05, 0) is 37.3 Å². The van der Waals surface area contributed by atoms with E-state index in [0.717, 1.165) is 5.52 Å². The minimum absolute atomic E-state index is 0.0321. The molecule has 1 amide bonds. The number of para-hydroxylation sites is 2. The van der Waals surface area contributed by atoms with E-state index in [4.69, 9.17) is 9.15 Å². The number of rotatable bonds is 6. The van der Waals surface area contributed by atoms with Gasteiger partial charge in [-0.1, -0.05) is 18.2 Å². The van der Waals surface area contributed by atoms with Crippen molar-refractivity contribution in [3.8, 4) is 0 Å². The van der Waals surface area contributed by atoms with Gasteiger partial charge in [0.2, 0.25) is 0 Å². The molecule has 6 nitrogen and oxygen atoms in total. The van der Waals surface area contributed by atoms with Gasteiger partial charge in [-0.25, -0.2) is 9.37 Å². The summed E-state index contributed by atoms with van der Waals surface area (Å²) < 4.78 is 23.7. The van der Waals surface area contributed by atoms with E-state index in [2.05, 4.69) is 10.3 Å². The van der Waals surface area contributed by atoms with Crippen LogP contribution in [0.1, 0.15) is 19.2 Å². The van der Waals surface area contributed by atoms with Crippen LogP contribution in [0.15, 0.2) is 52.9 Å². The summed E-state index contributed by atoms with van der Waals surface area (Å²) >= 11 is 0. The van der Waals surface area contributed by atoms with E-state index in [1.807, 2.05) is 18.2 Å². The number of ether oxygens (including phenoxy) is 1. The lowest BCUT2D eigenvalue weighted by Gasteiger charge is -2.13. The van der Waals surface area contributed by atoms with Crippen LogP contribution in [-0.4, -0.2) is 23.0 Å². The van der Waals surface area contributed by atoms with Crippen molar-refractivity contribution in [2.24, 2.45) is 0 Å². The van der Waals surface area contributed by atoms with E-state index in [9.17, 15) is 14.0 Å². The third-order valence-electron chi connectivity index (χ3n) is 3.65. The van der Waals surface area contributed by atoms with E-state index in [0.29, 0.717) is 17.2 Å². The first kappa shape index (κ1) is 17.6. The minimum atomic E-state index is -1.01. The molecule has 0 radical (unpaired) electrons. The van der Waals surface area contributed by atoms with Gasteiger partial charge >= 0.3 is 5.97 Å². The number of benzene rings is 2. The number of halogens is 1. The Kier molecular flexibility index (Phi) is 5.26. The average Bonchev–Trinajstić information content (AvgIpc) is 3.03. The van der Waals surface area contributed by atoms with E-state index >= 15 is 0 Å². The largest absolute Gasteiger partial charge is 0.453 e. The molecule has 1 atom stereocenters. The van der Waals surface area contributed by atoms with Crippen LogP contribution in [0.2, 0.25) is 0 Å². The molecule has 1 aromatic heterocycles. The molecular weight excluding hydrogens is 339 g/mol. The summed E-state index contributed by atoms with van der Waals surface area (Å²) in [5, 5.41) is 2.49. The number of anilines is 1. The smallest absolute Gasteiger partial charge is 0.307 e. The Morgan fingerprint density at radius 1 is 1.23 bits per heavy atom. The molecule has 0 spiro atoms. The third kappa shape index (κ3) is 4.44. The molecule has 134 valence electrons. The summed E-state index contributed by atoms with van der Waals surface area (Å²) in [5.74, 6) is -1.12. The fourth-order valence-corrected chi connectivity index (χ4v) is 2.36. The molecule has 0 aliphatic heterocycles. The first-order valence-electron chi connectivity index (χ1n) is 8.11. The molecule has 0 saturated carbocycles. The second-order valence-electron chi connectivity index (χ2n) is 5.71. The SMILES string of the molecule is C[C@@H](OC(=O)CCc1nc2ccccc2o1)C(=O)Nc1cccc(F)c1. The van der Waals surface area contributed by atoms with Crippen molar-refractivity contribution in [2.45, 2.75) is 25.9 Å². The average molecular weight is 356 g/mol. The zero-order chi connectivity index (χ0) is 18.5. The van der Waals surface area contributed by atoms with Crippen molar-refractivity contribution < 1.29 is 23.1 Å². The molecule has 1 N–H and O–H groups in total. The highest BCUT2D eigenvalue weighted by molar-refractivity contribution is 5.95. The number of carbonyl (C=O) groups excluding carboxylic acids is 2. The van der Waals surface area contributed by atoms with E-state index in [-0.39, 0.29) is 12.8 Å². The second-order valence-corrected chi connectivity index (χ2v) is 5.71. The maximum absolute atomic E-state index is 13.1. The number of amides is 1. The number of nitrogens with one attached hydrogen (secondary N) is 1. The van der Waals surface area contributed by atoms with Crippen molar-refractivity contribution in [1.82, 2.24) is 4.98 Å². The Morgan fingerprint density at radius 3 is 2.81 bits per heavy atom. The molecule has 0 fully saturated rings. The Morgan fingerprint density at radius 2 is 2.04 bits per heavy atom. The number of aromatic nitrogens is 1. The van der Waals surface area contributed by atoms with Crippen molar-refractivity contribution in [3.63, 3.8) is 0 Å². The molecule has 0 aliphatic rings. The summed E-state index contributed by atoms with van der Waals surface area (Å²) in [5.41, 5.74) is 1.67. The van der Waals surface area contributed by atoms with Gasteiger partial charge < -0.3 is 14.5 Å². The Labute approximate surface area is 149 Å².